The topological polar surface area (TPSA) is 371 Å². The summed E-state index contributed by atoms with van der Waals surface area (Å²) < 4.78 is 0. The Balaban J connectivity index is 1.25. The molecule has 4 rings (SSSR count). The van der Waals surface area contributed by atoms with E-state index in [1.54, 1.807) is 6.92 Å². The van der Waals surface area contributed by atoms with E-state index in [9.17, 15) is 62.6 Å². The number of aliphatic hydroxyl groups is 1. The van der Waals surface area contributed by atoms with Crippen LogP contribution in [0.15, 0.2) is 0 Å². The molecule has 1 unspecified atom stereocenters. The molecule has 4 aliphatic heterocycles. The molecule has 360 valence electrons. The maximum Gasteiger partial charge on any atom is 0.252 e. The molecule has 0 radical (unpaired) electrons. The van der Waals surface area contributed by atoms with Gasteiger partial charge in [0.2, 0.25) is 59.1 Å². The third-order valence-corrected chi connectivity index (χ3v) is 11.8. The lowest BCUT2D eigenvalue weighted by Crippen LogP contribution is -2.54. The van der Waals surface area contributed by atoms with Gasteiger partial charge in [-0.2, -0.15) is 0 Å². The van der Waals surface area contributed by atoms with E-state index in [1.807, 2.05) is 0 Å². The van der Waals surface area contributed by atoms with Gasteiger partial charge >= 0.3 is 0 Å². The van der Waals surface area contributed by atoms with E-state index < -0.39 is 145 Å². The van der Waals surface area contributed by atoms with Crippen molar-refractivity contribution in [3.63, 3.8) is 0 Å². The van der Waals surface area contributed by atoms with Gasteiger partial charge in [-0.15, -0.1) is 0 Å². The van der Waals surface area contributed by atoms with Crippen LogP contribution in [0, 0.1) is 0 Å². The number of aliphatic hydroxyl groups excluding tert-OH is 1. The maximum atomic E-state index is 13.5. The first-order chi connectivity index (χ1) is 30.7. The number of rotatable bonds is 23. The number of likely N-dealkylation sites (tertiary alicyclic amines) is 3. The lowest BCUT2D eigenvalue weighted by atomic mass is 10.1. The SMILES string of the molecule is CC(=O)[C@H](CCCCN)NC(=O)[C@@H]1CCCN1C(=O)CNC(=O)[C@H](C)N1C(=O)[C@@H](NC(=O)CN2C(=O)C[C@H](NC(=O)[C@H](CCC(N)=O)NC(=O)CNC(=O)[C@@H]3C[C@@H](O)CN3)C2=O)CC1C. The Bertz CT molecular complexity index is 1880. The zero-order valence-electron chi connectivity index (χ0n) is 36.9. The van der Waals surface area contributed by atoms with Crippen molar-refractivity contribution in [1.29, 1.82) is 0 Å². The van der Waals surface area contributed by atoms with Crippen LogP contribution in [0.1, 0.15) is 85.0 Å². The molecule has 4 aliphatic rings. The number of hydrogen-bond acceptors (Lipinski definition) is 15. The number of carbonyl (C=O) groups is 12. The minimum Gasteiger partial charge on any atom is -0.392 e. The number of imide groups is 1. The van der Waals surface area contributed by atoms with Gasteiger partial charge in [0.1, 0.15) is 36.8 Å². The normalized spacial score (nSPS) is 24.3. The van der Waals surface area contributed by atoms with Crippen molar-refractivity contribution in [3.05, 3.63) is 0 Å². The summed E-state index contributed by atoms with van der Waals surface area (Å²) >= 11 is 0. The van der Waals surface area contributed by atoms with E-state index in [2.05, 4.69) is 37.2 Å². The summed E-state index contributed by atoms with van der Waals surface area (Å²) in [5.41, 5.74) is 10.8. The molecule has 0 aromatic rings. The largest absolute Gasteiger partial charge is 0.392 e. The summed E-state index contributed by atoms with van der Waals surface area (Å²) in [6, 6.07) is -7.94. The molecular weight excluding hydrogens is 857 g/mol. The van der Waals surface area contributed by atoms with E-state index >= 15 is 0 Å². The Kier molecular flexibility index (Phi) is 18.8. The van der Waals surface area contributed by atoms with Crippen LogP contribution in [0.25, 0.3) is 0 Å². The molecule has 0 saturated carbocycles. The fraction of sp³-hybridized carbons (Fsp3) is 0.700. The average molecular weight is 919 g/mol. The molecule has 65 heavy (non-hydrogen) atoms. The molecule has 0 aromatic heterocycles. The molecule has 9 atom stereocenters. The number of β-amino-alcohol motifs (C(OH)–C–C–N with tert-alkyl or cyclic N) is 1. The first-order valence-corrected chi connectivity index (χ1v) is 21.8. The summed E-state index contributed by atoms with van der Waals surface area (Å²) in [5, 5.41) is 27.2. The van der Waals surface area contributed by atoms with Gasteiger partial charge in [-0.1, -0.05) is 0 Å². The number of nitrogens with one attached hydrogen (secondary N) is 7. The Hall–Kier alpha value is -6.08. The van der Waals surface area contributed by atoms with E-state index in [1.165, 1.54) is 23.6 Å². The second kappa shape index (κ2) is 23.7. The molecule has 0 bridgehead atoms. The number of ketones is 1. The summed E-state index contributed by atoms with van der Waals surface area (Å²) in [6.45, 7) is 3.54. The second-order valence-electron chi connectivity index (χ2n) is 16.8. The molecule has 4 fully saturated rings. The van der Waals surface area contributed by atoms with Gasteiger partial charge in [0, 0.05) is 25.6 Å². The van der Waals surface area contributed by atoms with Crippen LogP contribution in [-0.2, 0) is 57.5 Å². The summed E-state index contributed by atoms with van der Waals surface area (Å²) in [4.78, 5) is 157. The molecule has 11 amide bonds. The first-order valence-electron chi connectivity index (χ1n) is 21.8. The van der Waals surface area contributed by atoms with E-state index in [4.69, 9.17) is 11.5 Å². The van der Waals surface area contributed by atoms with Crippen LogP contribution in [0.5, 0.6) is 0 Å². The molecule has 12 N–H and O–H groups in total. The lowest BCUT2D eigenvalue weighted by molar-refractivity contribution is -0.144. The van der Waals surface area contributed by atoms with Gasteiger partial charge < -0.3 is 63.6 Å². The number of nitrogens with two attached hydrogens (primary N) is 2. The molecule has 4 heterocycles. The van der Waals surface area contributed by atoms with Gasteiger partial charge in [-0.25, -0.2) is 0 Å². The van der Waals surface area contributed by atoms with Crippen LogP contribution in [0.2, 0.25) is 0 Å². The predicted octanol–water partition coefficient (Wildman–Crippen LogP) is -6.38. The fourth-order valence-electron chi connectivity index (χ4n) is 8.29. The van der Waals surface area contributed by atoms with Gasteiger partial charge in [-0.3, -0.25) is 62.4 Å². The van der Waals surface area contributed by atoms with Crippen LogP contribution < -0.4 is 48.7 Å². The van der Waals surface area contributed by atoms with Gasteiger partial charge in [0.15, 0.2) is 5.78 Å². The van der Waals surface area contributed by atoms with Crippen LogP contribution >= 0.6 is 0 Å². The quantitative estimate of drug-likeness (QED) is 0.0337. The van der Waals surface area contributed by atoms with Crippen molar-refractivity contribution in [2.45, 2.75) is 139 Å². The zero-order chi connectivity index (χ0) is 48.1. The number of unbranched alkanes of at least 4 members (excludes halogenated alkanes) is 1. The minimum absolute atomic E-state index is 0.0580. The minimum atomic E-state index is -1.45. The van der Waals surface area contributed by atoms with Crippen molar-refractivity contribution in [3.8, 4) is 0 Å². The molecule has 0 spiro atoms. The Morgan fingerprint density at radius 1 is 0.846 bits per heavy atom. The van der Waals surface area contributed by atoms with Crippen LogP contribution in [0.3, 0.4) is 0 Å². The highest BCUT2D eigenvalue weighted by Crippen LogP contribution is 2.23. The summed E-state index contributed by atoms with van der Waals surface area (Å²) in [5.74, 6) is -8.32. The smallest absolute Gasteiger partial charge is 0.252 e. The van der Waals surface area contributed by atoms with Crippen molar-refractivity contribution in [2.24, 2.45) is 11.5 Å². The van der Waals surface area contributed by atoms with Crippen molar-refractivity contribution >= 4 is 70.8 Å². The molecule has 0 aliphatic carbocycles. The highest BCUT2D eigenvalue weighted by Gasteiger charge is 2.45. The summed E-state index contributed by atoms with van der Waals surface area (Å²) in [7, 11) is 0. The predicted molar refractivity (Wildman–Crippen MR) is 225 cm³/mol. The molecule has 0 aromatic carbocycles. The number of nitrogens with zero attached hydrogens (tertiary/aromatic N) is 3. The summed E-state index contributed by atoms with van der Waals surface area (Å²) in [6.07, 6.45) is 0.943. The maximum absolute atomic E-state index is 13.5. The molecule has 25 heteroatoms. The van der Waals surface area contributed by atoms with Gasteiger partial charge in [-0.05, 0) is 78.7 Å². The third kappa shape index (κ3) is 14.2. The number of hydrogen-bond donors (Lipinski definition) is 10. The van der Waals surface area contributed by atoms with E-state index in [-0.39, 0.29) is 44.6 Å². The first kappa shape index (κ1) is 51.6. The number of primary amides is 1. The highest BCUT2D eigenvalue weighted by atomic mass is 16.3. The van der Waals surface area contributed by atoms with Crippen LogP contribution in [-0.4, -0.2) is 184 Å². The van der Waals surface area contributed by atoms with Gasteiger partial charge in [0.05, 0.1) is 37.7 Å². The number of amides is 11. The molecule has 4 saturated heterocycles. The average Bonchev–Trinajstić information content (AvgIpc) is 4.04. The molecular formula is C40H62N12O13. The van der Waals surface area contributed by atoms with Crippen LogP contribution in [0.4, 0.5) is 0 Å². The van der Waals surface area contributed by atoms with Crippen molar-refractivity contribution in [2.75, 3.05) is 39.3 Å². The lowest BCUT2D eigenvalue weighted by Gasteiger charge is -2.29. The third-order valence-electron chi connectivity index (χ3n) is 11.8. The second-order valence-corrected chi connectivity index (χ2v) is 16.8. The van der Waals surface area contributed by atoms with Crippen molar-refractivity contribution < 1.29 is 62.6 Å². The van der Waals surface area contributed by atoms with Crippen molar-refractivity contribution in [1.82, 2.24) is 51.9 Å². The Morgan fingerprint density at radius 2 is 1.57 bits per heavy atom. The number of carbonyl (C=O) groups excluding carboxylic acids is 12. The Labute approximate surface area is 374 Å². The monoisotopic (exact) mass is 918 g/mol. The van der Waals surface area contributed by atoms with E-state index in [0.29, 0.717) is 43.5 Å². The molecule has 25 nitrogen and oxygen atoms in total. The zero-order valence-corrected chi connectivity index (χ0v) is 36.9. The highest BCUT2D eigenvalue weighted by molar-refractivity contribution is 6.09. The number of Topliss-reactive ketones (excluding diaryl/α,β-unsaturated/α-hetero) is 1. The van der Waals surface area contributed by atoms with E-state index in [0.717, 1.165) is 0 Å². The Morgan fingerprint density at radius 3 is 2.22 bits per heavy atom. The standard InChI is InChI=1S/C40H62N12O13/c1-20-13-27(40(65)52(20)21(2)35(60)45-18-34(59)50-12-6-8-29(50)38(63)48-24(22(3)53)7-4-5-11-41)47-32(57)19-51-33(58)15-28(39(51)64)49-37(62)25(9-10-30(42)55)46-31(56)17-44-36(61)26-14-23(54)16-43-26/h20-21,23-29,43,54H,4-19,41H2,1-3H3,(H2,42,55)(H,44,61)(H,45,60)(H,46,56)(H,47,57)(H,48,63)(H,49,62)/t20?,21-,23+,24-,25-,26-,27-,28-,29-/m0/s1. The van der Waals surface area contributed by atoms with Gasteiger partial charge in [0.25, 0.3) is 5.91 Å². The fourth-order valence-corrected chi connectivity index (χ4v) is 8.29.